The second-order valence-corrected chi connectivity index (χ2v) is 10.8. The first-order valence-corrected chi connectivity index (χ1v) is 13.9. The number of hydrogen-bond acceptors (Lipinski definition) is 9. The number of carbonyl (C=O) groups is 1. The Balaban J connectivity index is 1.28. The second kappa shape index (κ2) is 9.39. The molecule has 1 N–H and O–H groups in total. The van der Waals surface area contributed by atoms with Crippen molar-refractivity contribution in [1.29, 1.82) is 5.26 Å². The molecular formula is C25H27N6O5P. The summed E-state index contributed by atoms with van der Waals surface area (Å²) < 4.78 is 27.4. The SMILES string of the molecule is CC[C@]12O[C@@H](n3cnc4c(NC(=O)c5ccccc5)ncnc43)[C@@H](OC13CC3)C2OP(C)OCCC#N. The molecule has 1 spiro atoms. The maximum Gasteiger partial charge on any atom is 0.256 e. The fraction of sp³-hybridized carbons (Fsp3) is 0.480. The number of carbonyl (C=O) groups excluding carboxylic acids is 1. The monoisotopic (exact) mass is 522 g/mol. The van der Waals surface area contributed by atoms with E-state index in [0.29, 0.717) is 42.0 Å². The molecule has 6 rings (SSSR count). The zero-order chi connectivity index (χ0) is 25.6. The van der Waals surface area contributed by atoms with Gasteiger partial charge in [0.05, 0.1) is 25.4 Å². The van der Waals surface area contributed by atoms with Gasteiger partial charge < -0.3 is 23.8 Å². The molecule has 37 heavy (non-hydrogen) atoms. The van der Waals surface area contributed by atoms with Gasteiger partial charge in [-0.3, -0.25) is 9.36 Å². The predicted octanol–water partition coefficient (Wildman–Crippen LogP) is 3.94. The molecule has 2 bridgehead atoms. The molecular weight excluding hydrogens is 495 g/mol. The van der Waals surface area contributed by atoms with Crippen molar-refractivity contribution in [3.8, 4) is 6.07 Å². The molecule has 3 aliphatic rings. The Bertz CT molecular complexity index is 1360. The van der Waals surface area contributed by atoms with Crippen LogP contribution in [0.25, 0.3) is 11.2 Å². The van der Waals surface area contributed by atoms with Gasteiger partial charge in [0.15, 0.2) is 31.6 Å². The molecule has 2 aromatic heterocycles. The molecule has 192 valence electrons. The van der Waals surface area contributed by atoms with Crippen LogP contribution < -0.4 is 5.32 Å². The van der Waals surface area contributed by atoms with Crippen molar-refractivity contribution in [2.75, 3.05) is 18.6 Å². The second-order valence-electron chi connectivity index (χ2n) is 9.40. The van der Waals surface area contributed by atoms with Crippen LogP contribution in [0.1, 0.15) is 49.2 Å². The quantitative estimate of drug-likeness (QED) is 0.328. The van der Waals surface area contributed by atoms with E-state index in [1.165, 1.54) is 6.33 Å². The van der Waals surface area contributed by atoms with Gasteiger partial charge >= 0.3 is 0 Å². The third kappa shape index (κ3) is 3.92. The normalized spacial score (nSPS) is 27.9. The van der Waals surface area contributed by atoms with Gasteiger partial charge in [0.2, 0.25) is 0 Å². The van der Waals surface area contributed by atoms with Crippen molar-refractivity contribution in [1.82, 2.24) is 19.5 Å². The largest absolute Gasteiger partial charge is 0.361 e. The van der Waals surface area contributed by atoms with Gasteiger partial charge in [-0.15, -0.1) is 0 Å². The van der Waals surface area contributed by atoms with E-state index < -0.39 is 20.2 Å². The minimum atomic E-state index is -1.23. The van der Waals surface area contributed by atoms with Gasteiger partial charge in [0.1, 0.15) is 29.7 Å². The van der Waals surface area contributed by atoms with Crippen LogP contribution in [0.2, 0.25) is 0 Å². The number of nitrogens with zero attached hydrogens (tertiary/aromatic N) is 5. The molecule has 12 heteroatoms. The fourth-order valence-electron chi connectivity index (χ4n) is 5.54. The number of fused-ring (bicyclic) bond motifs is 4. The molecule has 1 saturated carbocycles. The number of aromatic nitrogens is 4. The van der Waals surface area contributed by atoms with E-state index in [-0.39, 0.29) is 23.7 Å². The summed E-state index contributed by atoms with van der Waals surface area (Å²) in [4.78, 5) is 26.0. The Morgan fingerprint density at radius 2 is 2.08 bits per heavy atom. The van der Waals surface area contributed by atoms with Gasteiger partial charge in [-0.05, 0) is 31.4 Å². The maximum atomic E-state index is 12.7. The Labute approximate surface area is 215 Å². The van der Waals surface area contributed by atoms with Gasteiger partial charge in [-0.25, -0.2) is 15.0 Å². The van der Waals surface area contributed by atoms with Crippen molar-refractivity contribution in [2.45, 2.75) is 62.2 Å². The average Bonchev–Trinajstić information content (AvgIpc) is 3.35. The Morgan fingerprint density at radius 1 is 1.27 bits per heavy atom. The van der Waals surface area contributed by atoms with Crippen LogP contribution in [-0.4, -0.2) is 62.1 Å². The minimum Gasteiger partial charge on any atom is -0.361 e. The Morgan fingerprint density at radius 3 is 2.81 bits per heavy atom. The molecule has 0 radical (unpaired) electrons. The van der Waals surface area contributed by atoms with Crippen LogP contribution in [0.4, 0.5) is 5.82 Å². The summed E-state index contributed by atoms with van der Waals surface area (Å²) in [5.74, 6) is 0.0396. The molecule has 1 amide bonds. The van der Waals surface area contributed by atoms with Gasteiger partial charge in [0, 0.05) is 12.2 Å². The summed E-state index contributed by atoms with van der Waals surface area (Å²) >= 11 is 0. The minimum absolute atomic E-state index is 0.281. The standard InChI is InChI=1S/C25H27N6O5P/c1-3-25-19(36-37(2)33-13-7-12-26)18(34-24(25)10-11-24)23(35-25)31-15-29-17-20(27-14-28-21(17)31)30-22(32)16-8-5-4-6-9-16/h4-6,8-9,14-15,18-19,23H,3,7,10-11,13H2,1-2H3,(H,27,28,30,32)/t18-,19?,23+,25+,37?/m0/s1. The average molecular weight is 523 g/mol. The van der Waals surface area contributed by atoms with Crippen molar-refractivity contribution in [3.63, 3.8) is 0 Å². The number of anilines is 1. The van der Waals surface area contributed by atoms with Crippen LogP contribution in [-0.2, 0) is 18.5 Å². The summed E-state index contributed by atoms with van der Waals surface area (Å²) in [6.07, 6.45) is 4.67. The van der Waals surface area contributed by atoms with E-state index in [1.807, 2.05) is 17.3 Å². The molecule has 1 aromatic carbocycles. The van der Waals surface area contributed by atoms with Crippen molar-refractivity contribution >= 4 is 31.3 Å². The lowest BCUT2D eigenvalue weighted by Crippen LogP contribution is -2.49. The predicted molar refractivity (Wildman–Crippen MR) is 134 cm³/mol. The van der Waals surface area contributed by atoms with E-state index in [2.05, 4.69) is 33.3 Å². The number of nitrogens with one attached hydrogen (secondary N) is 1. The highest BCUT2D eigenvalue weighted by atomic mass is 31.2. The third-order valence-electron chi connectivity index (χ3n) is 7.38. The summed E-state index contributed by atoms with van der Waals surface area (Å²) in [5.41, 5.74) is 0.534. The summed E-state index contributed by atoms with van der Waals surface area (Å²) in [5, 5.41) is 11.7. The lowest BCUT2D eigenvalue weighted by Gasteiger charge is -2.38. The zero-order valence-corrected chi connectivity index (χ0v) is 21.4. The zero-order valence-electron chi connectivity index (χ0n) is 20.5. The molecule has 4 heterocycles. The number of benzene rings is 1. The molecule has 1 aliphatic carbocycles. The van der Waals surface area contributed by atoms with Gasteiger partial charge in [-0.2, -0.15) is 5.26 Å². The topological polar surface area (TPSA) is 133 Å². The number of hydrogen-bond donors (Lipinski definition) is 1. The van der Waals surface area contributed by atoms with E-state index in [4.69, 9.17) is 23.8 Å². The maximum absolute atomic E-state index is 12.7. The van der Waals surface area contributed by atoms with E-state index in [9.17, 15) is 4.79 Å². The summed E-state index contributed by atoms with van der Waals surface area (Å²) in [6, 6.07) is 11.0. The Kier molecular flexibility index (Phi) is 6.18. The van der Waals surface area contributed by atoms with Crippen molar-refractivity contribution in [3.05, 3.63) is 48.5 Å². The molecule has 3 aromatic rings. The molecule has 2 aliphatic heterocycles. The number of nitriles is 1. The van der Waals surface area contributed by atoms with E-state index in [0.717, 1.165) is 12.8 Å². The van der Waals surface area contributed by atoms with Crippen LogP contribution in [0, 0.1) is 11.3 Å². The lowest BCUT2D eigenvalue weighted by molar-refractivity contribution is -0.223. The molecule has 2 saturated heterocycles. The number of imidazole rings is 1. The highest BCUT2D eigenvalue weighted by Gasteiger charge is 2.78. The van der Waals surface area contributed by atoms with Crippen LogP contribution >= 0.6 is 8.38 Å². The lowest BCUT2D eigenvalue weighted by atomic mass is 9.88. The molecule has 11 nitrogen and oxygen atoms in total. The number of ether oxygens (including phenoxy) is 2. The molecule has 3 fully saturated rings. The van der Waals surface area contributed by atoms with Crippen molar-refractivity contribution < 1.29 is 23.3 Å². The highest BCUT2D eigenvalue weighted by Crippen LogP contribution is 2.67. The van der Waals surface area contributed by atoms with Crippen molar-refractivity contribution in [2.24, 2.45) is 0 Å². The van der Waals surface area contributed by atoms with Crippen LogP contribution in [0.15, 0.2) is 43.0 Å². The fourth-order valence-corrected chi connectivity index (χ4v) is 6.56. The third-order valence-corrected chi connectivity index (χ3v) is 8.45. The van der Waals surface area contributed by atoms with Crippen LogP contribution in [0.3, 0.4) is 0 Å². The summed E-state index contributed by atoms with van der Waals surface area (Å²) in [7, 11) is -1.23. The molecule has 2 unspecified atom stereocenters. The van der Waals surface area contributed by atoms with Gasteiger partial charge in [-0.1, -0.05) is 25.1 Å². The summed E-state index contributed by atoms with van der Waals surface area (Å²) in [6.45, 7) is 4.31. The van der Waals surface area contributed by atoms with Crippen LogP contribution in [0.5, 0.6) is 0 Å². The Hall–Kier alpha value is -3.00. The first kappa shape index (κ1) is 24.3. The smallest absolute Gasteiger partial charge is 0.256 e. The molecule has 5 atom stereocenters. The number of amides is 1. The first-order valence-electron chi connectivity index (χ1n) is 12.3. The van der Waals surface area contributed by atoms with Gasteiger partial charge in [0.25, 0.3) is 5.91 Å². The van der Waals surface area contributed by atoms with E-state index >= 15 is 0 Å². The highest BCUT2D eigenvalue weighted by molar-refractivity contribution is 7.46. The van der Waals surface area contributed by atoms with E-state index in [1.54, 1.807) is 30.6 Å². The first-order chi connectivity index (χ1) is 18.0. The number of rotatable bonds is 9.